The van der Waals surface area contributed by atoms with Crippen molar-refractivity contribution in [2.45, 2.75) is 62.9 Å². The first-order chi connectivity index (χ1) is 21.5. The van der Waals surface area contributed by atoms with Crippen molar-refractivity contribution in [3.05, 3.63) is 113 Å². The number of hydrogen-bond donors (Lipinski definition) is 1. The maximum absolute atomic E-state index is 15.2. The molecule has 2 aliphatic rings. The largest absolute Gasteiger partial charge is 0.337 e. The number of carbonyl (C=O) groups excluding carboxylic acids is 1. The normalized spacial score (nSPS) is 21.7. The maximum Gasteiger partial charge on any atom is 0.273 e. The van der Waals surface area contributed by atoms with E-state index in [1.807, 2.05) is 58.2 Å². The molecule has 1 aromatic heterocycles. The van der Waals surface area contributed by atoms with E-state index in [4.69, 9.17) is 11.6 Å². The number of anilines is 1. The van der Waals surface area contributed by atoms with E-state index in [-0.39, 0.29) is 57.7 Å². The molecule has 3 aromatic carbocycles. The first kappa shape index (κ1) is 32.8. The molecule has 0 spiro atoms. The summed E-state index contributed by atoms with van der Waals surface area (Å²) in [5.74, 6) is -2.82. The van der Waals surface area contributed by atoms with Gasteiger partial charge < -0.3 is 9.47 Å². The van der Waals surface area contributed by atoms with Gasteiger partial charge in [-0.15, -0.1) is 0 Å². The van der Waals surface area contributed by atoms with Gasteiger partial charge in [0.2, 0.25) is 15.9 Å². The molecule has 4 aromatic rings. The molecule has 1 N–H and O–H groups in total. The van der Waals surface area contributed by atoms with Crippen molar-refractivity contribution in [3.8, 4) is 0 Å². The fourth-order valence-electron chi connectivity index (χ4n) is 6.16. The van der Waals surface area contributed by atoms with Crippen LogP contribution in [0.3, 0.4) is 0 Å². The Kier molecular flexibility index (Phi) is 9.49. The van der Waals surface area contributed by atoms with Crippen LogP contribution in [0.15, 0.2) is 90.1 Å². The number of hydrogen-bond acceptors (Lipinski definition) is 4. The topological polar surface area (TPSA) is 84.3 Å². The minimum Gasteiger partial charge on any atom is -0.337 e. The maximum atomic E-state index is 15.2. The molecule has 2 aliphatic carbocycles. The quantitative estimate of drug-likeness (QED) is 0.212. The number of nitrogens with zero attached hydrogens (tertiary/aromatic N) is 3. The third-order valence-corrected chi connectivity index (χ3v) is 10.3. The van der Waals surface area contributed by atoms with Gasteiger partial charge in [-0.25, -0.2) is 26.9 Å². The lowest BCUT2D eigenvalue weighted by Gasteiger charge is -2.33. The molecule has 4 atom stereocenters. The third kappa shape index (κ3) is 6.68. The van der Waals surface area contributed by atoms with Crippen LogP contribution in [-0.4, -0.2) is 23.9 Å². The molecule has 1 saturated carbocycles. The molecule has 0 bridgehead atoms. The highest BCUT2D eigenvalue weighted by atomic mass is 35.5. The summed E-state index contributed by atoms with van der Waals surface area (Å²) in [5, 5.41) is 0.243. The van der Waals surface area contributed by atoms with E-state index in [0.29, 0.717) is 11.5 Å². The number of halogens is 3. The summed E-state index contributed by atoms with van der Waals surface area (Å²) in [6, 6.07) is 19.1. The minimum absolute atomic E-state index is 0.0387. The van der Waals surface area contributed by atoms with E-state index in [9.17, 15) is 13.2 Å². The third-order valence-electron chi connectivity index (χ3n) is 8.60. The average molecular weight is 655 g/mol. The summed E-state index contributed by atoms with van der Waals surface area (Å²) >= 11 is 6.02. The lowest BCUT2D eigenvalue weighted by Crippen LogP contribution is -2.36. The molecule has 11 heteroatoms. The van der Waals surface area contributed by atoms with Gasteiger partial charge in [-0.3, -0.25) is 4.79 Å². The zero-order valence-corrected chi connectivity index (χ0v) is 27.2. The first-order valence-corrected chi connectivity index (χ1v) is 16.9. The van der Waals surface area contributed by atoms with Crippen molar-refractivity contribution in [3.63, 3.8) is 0 Å². The van der Waals surface area contributed by atoms with Gasteiger partial charge in [-0.1, -0.05) is 74.8 Å². The first-order valence-electron chi connectivity index (χ1n) is 15.1. The molecule has 1 fully saturated rings. The Morgan fingerprint density at radius 3 is 2.49 bits per heavy atom. The highest BCUT2D eigenvalue weighted by Crippen LogP contribution is 2.55. The smallest absolute Gasteiger partial charge is 0.273 e. The van der Waals surface area contributed by atoms with Crippen LogP contribution in [0.1, 0.15) is 68.1 Å². The molecule has 0 aliphatic heterocycles. The number of amides is 1. The molecule has 45 heavy (non-hydrogen) atoms. The lowest BCUT2D eigenvalue weighted by atomic mass is 9.85. The molecule has 0 saturated heterocycles. The Morgan fingerprint density at radius 1 is 1.09 bits per heavy atom. The summed E-state index contributed by atoms with van der Waals surface area (Å²) in [7, 11) is -2.26. The van der Waals surface area contributed by atoms with Crippen LogP contribution in [0, 0.1) is 11.8 Å². The van der Waals surface area contributed by atoms with Crippen LogP contribution < -0.4 is 9.62 Å². The van der Waals surface area contributed by atoms with E-state index in [0.717, 1.165) is 5.56 Å². The second kappa shape index (κ2) is 13.0. The number of rotatable bonds is 8. The van der Waals surface area contributed by atoms with Gasteiger partial charge in [0.05, 0.1) is 11.4 Å². The van der Waals surface area contributed by atoms with Crippen molar-refractivity contribution in [1.29, 1.82) is 0 Å². The molecular formula is C34H37ClF2N4O3S. The number of carbonyl (C=O) groups is 1. The van der Waals surface area contributed by atoms with E-state index in [1.54, 1.807) is 27.9 Å². The van der Waals surface area contributed by atoms with Crippen LogP contribution in [-0.2, 0) is 34.3 Å². The zero-order valence-electron chi connectivity index (χ0n) is 25.6. The molecule has 238 valence electrons. The number of alkyl halides is 2. The predicted octanol–water partition coefficient (Wildman–Crippen LogP) is 7.59. The fraction of sp³-hybridized carbons (Fsp3) is 0.353. The second-order valence-corrected chi connectivity index (χ2v) is 13.5. The van der Waals surface area contributed by atoms with Gasteiger partial charge in [0.25, 0.3) is 5.92 Å². The Bertz CT molecular complexity index is 1780. The van der Waals surface area contributed by atoms with Crippen molar-refractivity contribution in [2.24, 2.45) is 18.9 Å². The molecule has 1 amide bonds. The highest BCUT2D eigenvalue weighted by Gasteiger charge is 2.54. The number of imidazole rings is 1. The van der Waals surface area contributed by atoms with E-state index >= 15 is 8.78 Å². The molecule has 0 radical (unpaired) electrons. The standard InChI is InChI=1S/C32H31ClF2N4O3S.C2H6/c1-20-29(21-7-4-3-5-8-21)30(20)31(40)39(19-28-36-15-16-38(28)2)23-11-12-26-25(18-23)27(13-14-32(26,34)35)37-43(41,42)24-10-6-9-22(33)17-24;1-2/h3-12,15-18,20,27,29-30,37H,13-14,19H2,1-2H3;1-2H3. The Hall–Kier alpha value is -3.60. The fourth-order valence-corrected chi connectivity index (χ4v) is 7.71. The Labute approximate surface area is 268 Å². The monoisotopic (exact) mass is 654 g/mol. The van der Waals surface area contributed by atoms with Crippen LogP contribution >= 0.6 is 11.6 Å². The van der Waals surface area contributed by atoms with Crippen molar-refractivity contribution >= 4 is 33.2 Å². The zero-order chi connectivity index (χ0) is 32.5. The van der Waals surface area contributed by atoms with Crippen LogP contribution in [0.5, 0.6) is 0 Å². The second-order valence-electron chi connectivity index (χ2n) is 11.3. The van der Waals surface area contributed by atoms with E-state index in [2.05, 4.69) is 9.71 Å². The summed E-state index contributed by atoms with van der Waals surface area (Å²) < 4.78 is 61.3. The summed E-state index contributed by atoms with van der Waals surface area (Å²) in [4.78, 5) is 20.1. The summed E-state index contributed by atoms with van der Waals surface area (Å²) in [5.41, 5.74) is 1.36. The molecule has 1 heterocycles. The van der Waals surface area contributed by atoms with Gasteiger partial charge in [0.15, 0.2) is 0 Å². The number of nitrogens with one attached hydrogen (secondary N) is 1. The van der Waals surface area contributed by atoms with Gasteiger partial charge in [0, 0.05) is 54.1 Å². The highest BCUT2D eigenvalue weighted by molar-refractivity contribution is 7.89. The SMILES string of the molecule is CC.CC1C(C(=O)N(Cc2nccn2C)c2ccc3c(c2)C(NS(=O)(=O)c2cccc(Cl)c2)CCC3(F)F)C1c1ccccc1. The van der Waals surface area contributed by atoms with E-state index in [1.165, 1.54) is 36.4 Å². The number of sulfonamides is 1. The number of fused-ring (bicyclic) bond motifs is 1. The van der Waals surface area contributed by atoms with Crippen molar-refractivity contribution < 1.29 is 22.0 Å². The number of aryl methyl sites for hydroxylation is 1. The van der Waals surface area contributed by atoms with Gasteiger partial charge in [0.1, 0.15) is 5.82 Å². The summed E-state index contributed by atoms with van der Waals surface area (Å²) in [6.07, 6.45) is 2.78. The number of benzene rings is 3. The van der Waals surface area contributed by atoms with Gasteiger partial charge in [-0.2, -0.15) is 0 Å². The molecular weight excluding hydrogens is 618 g/mol. The lowest BCUT2D eigenvalue weighted by molar-refractivity contribution is -0.120. The minimum atomic E-state index is -4.08. The Morgan fingerprint density at radius 2 is 1.82 bits per heavy atom. The summed E-state index contributed by atoms with van der Waals surface area (Å²) in [6.45, 7) is 6.16. The van der Waals surface area contributed by atoms with Gasteiger partial charge in [-0.05, 0) is 59.7 Å². The number of aromatic nitrogens is 2. The molecule has 6 rings (SSSR count). The predicted molar refractivity (Wildman–Crippen MR) is 172 cm³/mol. The average Bonchev–Trinajstić information content (AvgIpc) is 3.54. The van der Waals surface area contributed by atoms with E-state index < -0.39 is 28.4 Å². The van der Waals surface area contributed by atoms with Gasteiger partial charge >= 0.3 is 0 Å². The van der Waals surface area contributed by atoms with Crippen molar-refractivity contribution in [1.82, 2.24) is 14.3 Å². The van der Waals surface area contributed by atoms with Crippen LogP contribution in [0.2, 0.25) is 5.02 Å². The van der Waals surface area contributed by atoms with Crippen LogP contribution in [0.25, 0.3) is 0 Å². The van der Waals surface area contributed by atoms with Crippen molar-refractivity contribution in [2.75, 3.05) is 4.90 Å². The molecule has 7 nitrogen and oxygen atoms in total. The molecule has 4 unspecified atom stereocenters. The Balaban J connectivity index is 0.00000196. The van der Waals surface area contributed by atoms with Crippen LogP contribution in [0.4, 0.5) is 14.5 Å².